The molecule has 0 aliphatic carbocycles. The van der Waals surface area contributed by atoms with Crippen LogP contribution in [0.4, 0.5) is 13.2 Å². The third-order valence-corrected chi connectivity index (χ3v) is 2.94. The van der Waals surface area contributed by atoms with Gasteiger partial charge in [0.2, 0.25) is 0 Å². The zero-order valence-electron chi connectivity index (χ0n) is 7.22. The van der Waals surface area contributed by atoms with Crippen molar-refractivity contribution in [3.8, 4) is 0 Å². The van der Waals surface area contributed by atoms with Crippen LogP contribution in [-0.2, 0) is 6.18 Å². The number of aryl methyl sites for hydroxylation is 1. The highest BCUT2D eigenvalue weighted by Gasteiger charge is 2.32. The van der Waals surface area contributed by atoms with Gasteiger partial charge in [0.05, 0.1) is 10.2 Å². The van der Waals surface area contributed by atoms with Crippen molar-refractivity contribution in [1.82, 2.24) is 4.98 Å². The molecular weight excluding hydrogens is 211 g/mol. The minimum absolute atomic E-state index is 0.449. The van der Waals surface area contributed by atoms with Crippen LogP contribution in [0.2, 0.25) is 0 Å². The second-order valence-corrected chi connectivity index (χ2v) is 3.87. The van der Waals surface area contributed by atoms with Gasteiger partial charge in [-0.1, -0.05) is 0 Å². The van der Waals surface area contributed by atoms with Gasteiger partial charge in [0.15, 0.2) is 0 Å². The van der Waals surface area contributed by atoms with Crippen LogP contribution in [0, 0.1) is 6.92 Å². The van der Waals surface area contributed by atoms with Crippen LogP contribution in [-0.4, -0.2) is 4.98 Å². The molecule has 0 saturated heterocycles. The maximum atomic E-state index is 12.3. The Morgan fingerprint density at radius 2 is 2.00 bits per heavy atom. The lowest BCUT2D eigenvalue weighted by atomic mass is 10.2. The fourth-order valence-electron chi connectivity index (χ4n) is 1.19. The molecule has 0 fully saturated rings. The van der Waals surface area contributed by atoms with Crippen LogP contribution >= 0.6 is 11.3 Å². The first-order valence-electron chi connectivity index (χ1n) is 3.90. The first kappa shape index (κ1) is 9.45. The first-order valence-corrected chi connectivity index (χ1v) is 4.78. The Labute approximate surface area is 82.2 Å². The molecule has 0 aliphatic heterocycles. The van der Waals surface area contributed by atoms with Gasteiger partial charge in [-0.3, -0.25) is 0 Å². The zero-order chi connectivity index (χ0) is 10.3. The van der Waals surface area contributed by atoms with E-state index in [9.17, 15) is 13.2 Å². The number of aromatic nitrogens is 1. The molecule has 0 radical (unpaired) electrons. The molecule has 0 saturated carbocycles. The molecule has 1 nitrogen and oxygen atoms in total. The monoisotopic (exact) mass is 217 g/mol. The normalized spacial score (nSPS) is 12.3. The summed E-state index contributed by atoms with van der Waals surface area (Å²) < 4.78 is 37.7. The number of halogens is 3. The molecule has 2 rings (SSSR count). The summed E-state index contributed by atoms with van der Waals surface area (Å²) in [7, 11) is 0. The van der Waals surface area contributed by atoms with Gasteiger partial charge in [-0.05, 0) is 30.0 Å². The van der Waals surface area contributed by atoms with Crippen molar-refractivity contribution < 1.29 is 13.2 Å². The highest BCUT2D eigenvalue weighted by Crippen LogP contribution is 2.31. The van der Waals surface area contributed by atoms with Gasteiger partial charge in [0.25, 0.3) is 0 Å². The average Bonchev–Trinajstić information content (AvgIpc) is 2.46. The summed E-state index contributed by atoms with van der Waals surface area (Å²) in [5.41, 5.74) is 0.410. The van der Waals surface area contributed by atoms with Crippen molar-refractivity contribution in [2.75, 3.05) is 0 Å². The molecule has 0 unspecified atom stereocenters. The van der Waals surface area contributed by atoms with E-state index in [2.05, 4.69) is 4.98 Å². The van der Waals surface area contributed by atoms with Gasteiger partial charge in [-0.25, -0.2) is 4.98 Å². The summed E-state index contributed by atoms with van der Waals surface area (Å²) in [6.45, 7) is 1.76. The summed E-state index contributed by atoms with van der Waals surface area (Å²) >= 11 is 1.40. The van der Waals surface area contributed by atoms with Gasteiger partial charge in [-0.15, -0.1) is 11.3 Å². The zero-order valence-corrected chi connectivity index (χ0v) is 8.04. The average molecular weight is 217 g/mol. The van der Waals surface area contributed by atoms with E-state index < -0.39 is 11.9 Å². The van der Waals surface area contributed by atoms with E-state index in [1.165, 1.54) is 17.4 Å². The first-order chi connectivity index (χ1) is 6.48. The molecule has 0 atom stereocenters. The fourth-order valence-corrected chi connectivity index (χ4v) is 2.07. The van der Waals surface area contributed by atoms with E-state index in [0.29, 0.717) is 5.52 Å². The Balaban J connectivity index is 2.66. The van der Waals surface area contributed by atoms with Crippen LogP contribution in [0.1, 0.15) is 11.3 Å². The molecule has 74 valence electrons. The third-order valence-electron chi connectivity index (χ3n) is 1.88. The Hall–Kier alpha value is -1.10. The molecule has 0 bridgehead atoms. The van der Waals surface area contributed by atoms with Gasteiger partial charge >= 0.3 is 6.18 Å². The summed E-state index contributed by atoms with van der Waals surface area (Å²) in [4.78, 5) is 3.59. The maximum Gasteiger partial charge on any atom is 0.433 e. The van der Waals surface area contributed by atoms with Crippen molar-refractivity contribution in [2.45, 2.75) is 13.1 Å². The van der Waals surface area contributed by atoms with Crippen molar-refractivity contribution in [3.63, 3.8) is 0 Å². The Morgan fingerprint density at radius 1 is 1.29 bits per heavy atom. The van der Waals surface area contributed by atoms with E-state index in [1.54, 1.807) is 12.3 Å². The predicted molar refractivity (Wildman–Crippen MR) is 49.4 cm³/mol. The number of thiophene rings is 1. The predicted octanol–water partition coefficient (Wildman–Crippen LogP) is 3.62. The molecule has 2 heterocycles. The smallest absolute Gasteiger partial charge is 0.242 e. The number of alkyl halides is 3. The van der Waals surface area contributed by atoms with Crippen LogP contribution in [0.5, 0.6) is 0 Å². The van der Waals surface area contributed by atoms with E-state index in [1.807, 2.05) is 0 Å². The van der Waals surface area contributed by atoms with Crippen LogP contribution < -0.4 is 0 Å². The van der Waals surface area contributed by atoms with Gasteiger partial charge in [-0.2, -0.15) is 13.2 Å². The molecule has 2 aromatic rings. The summed E-state index contributed by atoms with van der Waals surface area (Å²) in [5.74, 6) is 0. The second kappa shape index (κ2) is 2.95. The number of pyridine rings is 1. The number of hydrogen-bond acceptors (Lipinski definition) is 2. The summed E-state index contributed by atoms with van der Waals surface area (Å²) in [5, 5.41) is 1.80. The van der Waals surface area contributed by atoms with Gasteiger partial charge < -0.3 is 0 Å². The lowest BCUT2D eigenvalue weighted by molar-refractivity contribution is -0.140. The molecule has 0 aromatic carbocycles. The molecule has 0 spiro atoms. The van der Waals surface area contributed by atoms with Crippen LogP contribution in [0.15, 0.2) is 17.5 Å². The van der Waals surface area contributed by atoms with E-state index in [-0.39, 0.29) is 0 Å². The Kier molecular flexibility index (Phi) is 1.99. The Bertz CT molecular complexity index is 472. The van der Waals surface area contributed by atoms with E-state index in [0.717, 1.165) is 16.3 Å². The number of hydrogen-bond donors (Lipinski definition) is 0. The molecule has 2 aromatic heterocycles. The minimum Gasteiger partial charge on any atom is -0.242 e. The molecular formula is C9H6F3NS. The highest BCUT2D eigenvalue weighted by molar-refractivity contribution is 7.17. The van der Waals surface area contributed by atoms with Crippen molar-refractivity contribution in [2.24, 2.45) is 0 Å². The van der Waals surface area contributed by atoms with E-state index >= 15 is 0 Å². The highest BCUT2D eigenvalue weighted by atomic mass is 32.1. The fraction of sp³-hybridized carbons (Fsp3) is 0.222. The number of nitrogens with zero attached hydrogens (tertiary/aromatic N) is 1. The lowest BCUT2D eigenvalue weighted by Crippen LogP contribution is -2.07. The topological polar surface area (TPSA) is 12.9 Å². The maximum absolute atomic E-state index is 12.3. The van der Waals surface area contributed by atoms with Gasteiger partial charge in [0.1, 0.15) is 5.69 Å². The molecule has 14 heavy (non-hydrogen) atoms. The second-order valence-electron chi connectivity index (χ2n) is 2.96. The summed E-state index contributed by atoms with van der Waals surface area (Å²) in [6.07, 6.45) is -4.36. The standard InChI is InChI=1S/C9H6F3NS/c1-5-4-14-6-2-3-7(9(10,11)12)13-8(5)6/h2-4H,1H3. The SMILES string of the molecule is Cc1csc2ccc(C(F)(F)F)nc12. The number of fused-ring (bicyclic) bond motifs is 1. The van der Waals surface area contributed by atoms with Crippen LogP contribution in [0.3, 0.4) is 0 Å². The van der Waals surface area contributed by atoms with Crippen molar-refractivity contribution >= 4 is 21.6 Å². The quantitative estimate of drug-likeness (QED) is 0.656. The third kappa shape index (κ3) is 1.48. The molecule has 5 heteroatoms. The van der Waals surface area contributed by atoms with Crippen LogP contribution in [0.25, 0.3) is 10.2 Å². The molecule has 0 aliphatic rings. The largest absolute Gasteiger partial charge is 0.433 e. The molecule has 0 amide bonds. The van der Waals surface area contributed by atoms with Crippen molar-refractivity contribution in [1.29, 1.82) is 0 Å². The van der Waals surface area contributed by atoms with Crippen molar-refractivity contribution in [3.05, 3.63) is 28.8 Å². The van der Waals surface area contributed by atoms with Gasteiger partial charge in [0, 0.05) is 0 Å². The minimum atomic E-state index is -4.36. The lowest BCUT2D eigenvalue weighted by Gasteiger charge is -2.04. The Morgan fingerprint density at radius 3 is 2.64 bits per heavy atom. The molecule has 0 N–H and O–H groups in total. The number of rotatable bonds is 0. The summed E-state index contributed by atoms with van der Waals surface area (Å²) in [6, 6.07) is 2.47. The van der Waals surface area contributed by atoms with E-state index in [4.69, 9.17) is 0 Å².